The molecule has 0 saturated heterocycles. The van der Waals surface area contributed by atoms with Crippen molar-refractivity contribution >= 4 is 27.3 Å². The Labute approximate surface area is 139 Å². The first kappa shape index (κ1) is 16.7. The fourth-order valence-corrected chi connectivity index (χ4v) is 2.68. The summed E-state index contributed by atoms with van der Waals surface area (Å²) >= 11 is 0. The second kappa shape index (κ2) is 5.71. The number of fused-ring (bicyclic) bond motifs is 1. The monoisotopic (exact) mass is 367 g/mol. The average Bonchev–Trinajstić information content (AvgIpc) is 2.96. The third kappa shape index (κ3) is 2.85. The summed E-state index contributed by atoms with van der Waals surface area (Å²) in [6.45, 7) is 0. The number of rotatable bonds is 3. The van der Waals surface area contributed by atoms with Crippen LogP contribution in [0.4, 0.5) is 10.1 Å². The fraction of sp³-hybridized carbons (Fsp3) is 0.0833. The molecule has 2 heterocycles. The third-order valence-electron chi connectivity index (χ3n) is 3.23. The highest BCUT2D eigenvalue weighted by Gasteiger charge is 2.21. The number of aryl methyl sites for hydroxylation is 1. The molecule has 0 atom stereocenters. The zero-order valence-corrected chi connectivity index (χ0v) is 13.4. The molecule has 0 aliphatic carbocycles. The summed E-state index contributed by atoms with van der Waals surface area (Å²) in [5, 5.41) is 14.3. The lowest BCUT2D eigenvalue weighted by Gasteiger charge is -2.07. The van der Waals surface area contributed by atoms with E-state index >= 15 is 0 Å². The molecule has 0 unspecified atom stereocenters. The van der Waals surface area contributed by atoms with Gasteiger partial charge in [0.2, 0.25) is 10.0 Å². The molecule has 0 saturated carbocycles. The smallest absolute Gasteiger partial charge is 0.318 e. The van der Waals surface area contributed by atoms with Crippen LogP contribution in [0.3, 0.4) is 0 Å². The first-order valence-corrected chi connectivity index (χ1v) is 8.14. The van der Waals surface area contributed by atoms with Gasteiger partial charge in [-0.1, -0.05) is 11.3 Å². The lowest BCUT2D eigenvalue weighted by molar-refractivity contribution is 0.102. The molecule has 3 N–H and O–H groups in total. The Hall–Kier alpha value is -3.19. The molecule has 0 aliphatic heterocycles. The number of halogens is 1. The van der Waals surface area contributed by atoms with Gasteiger partial charge in [-0.15, -0.1) is 5.10 Å². The molecule has 0 fully saturated rings. The first-order chi connectivity index (χ1) is 11.7. The van der Waals surface area contributed by atoms with Crippen LogP contribution in [0, 0.1) is 5.82 Å². The highest BCUT2D eigenvalue weighted by molar-refractivity contribution is 7.89. The van der Waals surface area contributed by atoms with Gasteiger partial charge < -0.3 is 5.32 Å². The van der Waals surface area contributed by atoms with Crippen molar-refractivity contribution in [3.05, 3.63) is 46.5 Å². The number of carbonyl (C=O) groups excluding carboxylic acids is 1. The Morgan fingerprint density at radius 3 is 2.76 bits per heavy atom. The van der Waals surface area contributed by atoms with Crippen molar-refractivity contribution in [1.29, 1.82) is 0 Å². The predicted octanol–water partition coefficient (Wildman–Crippen LogP) is -1.14. The third-order valence-corrected chi connectivity index (χ3v) is 4.16. The molecule has 3 aromatic rings. The van der Waals surface area contributed by atoms with Gasteiger partial charge >= 0.3 is 5.69 Å². The molecule has 2 aromatic heterocycles. The lowest BCUT2D eigenvalue weighted by atomic mass is 10.3. The van der Waals surface area contributed by atoms with Crippen molar-refractivity contribution in [2.75, 3.05) is 5.32 Å². The van der Waals surface area contributed by atoms with Crippen LogP contribution in [0.25, 0.3) is 5.65 Å². The topological polar surface area (TPSA) is 154 Å². The van der Waals surface area contributed by atoms with E-state index in [4.69, 9.17) is 5.14 Å². The quantitative estimate of drug-likeness (QED) is 0.593. The van der Waals surface area contributed by atoms with E-state index in [-0.39, 0.29) is 11.3 Å². The Kier molecular flexibility index (Phi) is 3.81. The van der Waals surface area contributed by atoms with E-state index < -0.39 is 38.0 Å². The minimum absolute atomic E-state index is 0.136. The van der Waals surface area contributed by atoms with E-state index in [0.29, 0.717) is 0 Å². The van der Waals surface area contributed by atoms with Gasteiger partial charge in [0, 0.05) is 7.05 Å². The number of hydrogen-bond acceptors (Lipinski definition) is 7. The number of nitrogens with two attached hydrogens (primary N) is 1. The molecule has 0 aliphatic rings. The minimum atomic E-state index is -4.30. The summed E-state index contributed by atoms with van der Waals surface area (Å²) in [7, 11) is -2.94. The molecule has 11 nitrogen and oxygen atoms in total. The van der Waals surface area contributed by atoms with Gasteiger partial charge in [-0.05, 0) is 12.1 Å². The minimum Gasteiger partial charge on any atom is -0.318 e. The first-order valence-electron chi connectivity index (χ1n) is 6.60. The average molecular weight is 367 g/mol. The second-order valence-electron chi connectivity index (χ2n) is 4.90. The molecule has 25 heavy (non-hydrogen) atoms. The van der Waals surface area contributed by atoms with E-state index in [0.717, 1.165) is 27.5 Å². The maximum Gasteiger partial charge on any atom is 0.352 e. The maximum atomic E-state index is 14.2. The predicted molar refractivity (Wildman–Crippen MR) is 81.7 cm³/mol. The van der Waals surface area contributed by atoms with Crippen LogP contribution in [-0.4, -0.2) is 38.7 Å². The molecular weight excluding hydrogens is 357 g/mol. The molecule has 0 bridgehead atoms. The molecule has 13 heteroatoms. The van der Waals surface area contributed by atoms with Gasteiger partial charge in [-0.25, -0.2) is 32.1 Å². The maximum absolute atomic E-state index is 14.2. The number of benzene rings is 1. The highest BCUT2D eigenvalue weighted by atomic mass is 32.2. The van der Waals surface area contributed by atoms with Crippen molar-refractivity contribution in [2.24, 2.45) is 12.2 Å². The van der Waals surface area contributed by atoms with Gasteiger partial charge in [-0.3, -0.25) is 4.79 Å². The highest BCUT2D eigenvalue weighted by Crippen LogP contribution is 2.21. The van der Waals surface area contributed by atoms with Crippen LogP contribution in [0.15, 0.2) is 34.2 Å². The Morgan fingerprint density at radius 2 is 2.08 bits per heavy atom. The molecule has 3 rings (SSSR count). The zero-order valence-electron chi connectivity index (χ0n) is 12.5. The normalized spacial score (nSPS) is 11.6. The van der Waals surface area contributed by atoms with Gasteiger partial charge in [0.15, 0.2) is 17.2 Å². The summed E-state index contributed by atoms with van der Waals surface area (Å²) in [6.07, 6.45) is 1.07. The molecule has 1 amide bonds. The zero-order chi connectivity index (χ0) is 18.4. The number of nitrogens with zero attached hydrogens (tertiary/aromatic N) is 5. The van der Waals surface area contributed by atoms with Crippen molar-refractivity contribution in [3.63, 3.8) is 0 Å². The lowest BCUT2D eigenvalue weighted by Crippen LogP contribution is -2.27. The van der Waals surface area contributed by atoms with E-state index in [1.165, 1.54) is 13.1 Å². The van der Waals surface area contributed by atoms with E-state index in [9.17, 15) is 22.4 Å². The second-order valence-corrected chi connectivity index (χ2v) is 6.43. The van der Waals surface area contributed by atoms with Gasteiger partial charge in [0.05, 0.1) is 5.69 Å². The van der Waals surface area contributed by atoms with Crippen LogP contribution in [0.1, 0.15) is 10.5 Å². The molecule has 130 valence electrons. The van der Waals surface area contributed by atoms with Crippen molar-refractivity contribution in [3.8, 4) is 0 Å². The number of sulfonamides is 1. The summed E-state index contributed by atoms with van der Waals surface area (Å²) in [6, 6.07) is 3.31. The van der Waals surface area contributed by atoms with Gasteiger partial charge in [0.1, 0.15) is 11.2 Å². The Morgan fingerprint density at radius 1 is 1.36 bits per heavy atom. The molecule has 0 radical (unpaired) electrons. The molecule has 1 aromatic carbocycles. The number of anilines is 1. The number of primary sulfonamides is 1. The number of carbonyl (C=O) groups is 1. The number of aromatic nitrogens is 5. The van der Waals surface area contributed by atoms with Crippen LogP contribution >= 0.6 is 0 Å². The largest absolute Gasteiger partial charge is 0.352 e. The number of hydrogen-bond donors (Lipinski definition) is 2. The van der Waals surface area contributed by atoms with Crippen LogP contribution in [0.2, 0.25) is 0 Å². The van der Waals surface area contributed by atoms with Crippen LogP contribution < -0.4 is 16.1 Å². The summed E-state index contributed by atoms with van der Waals surface area (Å²) in [4.78, 5) is 27.1. The Bertz CT molecular complexity index is 1170. The van der Waals surface area contributed by atoms with Crippen molar-refractivity contribution in [2.45, 2.75) is 4.90 Å². The molecular formula is C12H10FN7O4S. The van der Waals surface area contributed by atoms with Crippen LogP contribution in [-0.2, 0) is 17.1 Å². The SMILES string of the molecule is Cn1nnc2c(C(=O)Nc3cccc(S(N)(=O)=O)c3F)ncn2c1=O. The van der Waals surface area contributed by atoms with Crippen molar-refractivity contribution in [1.82, 2.24) is 24.4 Å². The van der Waals surface area contributed by atoms with Crippen molar-refractivity contribution < 1.29 is 17.6 Å². The van der Waals surface area contributed by atoms with Gasteiger partial charge in [0.25, 0.3) is 5.91 Å². The summed E-state index contributed by atoms with van der Waals surface area (Å²) < 4.78 is 38.8. The van der Waals surface area contributed by atoms with Crippen LogP contribution in [0.5, 0.6) is 0 Å². The number of amides is 1. The van der Waals surface area contributed by atoms with E-state index in [1.54, 1.807) is 0 Å². The molecule has 0 spiro atoms. The number of nitrogens with one attached hydrogen (secondary N) is 1. The van der Waals surface area contributed by atoms with E-state index in [2.05, 4.69) is 20.6 Å². The summed E-state index contributed by atoms with van der Waals surface area (Å²) in [5.41, 5.74) is -1.43. The van der Waals surface area contributed by atoms with Gasteiger partial charge in [-0.2, -0.15) is 4.68 Å². The summed E-state index contributed by atoms with van der Waals surface area (Å²) in [5.74, 6) is -2.13. The Balaban J connectivity index is 2.02. The van der Waals surface area contributed by atoms with E-state index in [1.807, 2.05) is 0 Å². The standard InChI is InChI=1S/C12H10FN7O4S/c1-19-12(22)20-5-15-9(10(20)17-18-19)11(21)16-6-3-2-4-7(8(6)13)25(14,23)24/h2-5H,1H3,(H,16,21)(H2,14,23,24). The number of imidazole rings is 1. The fourth-order valence-electron chi connectivity index (χ4n) is 2.05.